The summed E-state index contributed by atoms with van der Waals surface area (Å²) in [5, 5.41) is 4.39. The SMILES string of the molecule is O=C(COC(=O)c1nc(-c2ccccc2)n(-c2ccc(Br)cc2)n1)c1ccc(-c2ccccc2)cc1. The summed E-state index contributed by atoms with van der Waals surface area (Å²) in [4.78, 5) is 29.9. The molecule has 7 heteroatoms. The molecular weight excluding hydrogens is 518 g/mol. The van der Waals surface area contributed by atoms with E-state index in [9.17, 15) is 9.59 Å². The molecule has 36 heavy (non-hydrogen) atoms. The van der Waals surface area contributed by atoms with Crippen LogP contribution < -0.4 is 0 Å². The maximum absolute atomic E-state index is 12.8. The van der Waals surface area contributed by atoms with Crippen molar-refractivity contribution in [3.05, 3.63) is 125 Å². The Morgan fingerprint density at radius 3 is 1.94 bits per heavy atom. The minimum atomic E-state index is -0.766. The van der Waals surface area contributed by atoms with E-state index in [1.807, 2.05) is 97.1 Å². The highest BCUT2D eigenvalue weighted by atomic mass is 79.9. The topological polar surface area (TPSA) is 74.1 Å². The van der Waals surface area contributed by atoms with Crippen LogP contribution in [0, 0.1) is 0 Å². The molecule has 5 aromatic rings. The summed E-state index contributed by atoms with van der Waals surface area (Å²) >= 11 is 3.43. The van der Waals surface area contributed by atoms with Gasteiger partial charge in [0.2, 0.25) is 0 Å². The predicted molar refractivity (Wildman–Crippen MR) is 141 cm³/mol. The number of esters is 1. The van der Waals surface area contributed by atoms with Gasteiger partial charge in [0.25, 0.3) is 5.82 Å². The van der Waals surface area contributed by atoms with Gasteiger partial charge in [-0.3, -0.25) is 4.79 Å². The van der Waals surface area contributed by atoms with Gasteiger partial charge >= 0.3 is 5.97 Å². The first kappa shape index (κ1) is 23.4. The average Bonchev–Trinajstić information content (AvgIpc) is 3.39. The van der Waals surface area contributed by atoms with Crippen molar-refractivity contribution in [1.82, 2.24) is 14.8 Å². The van der Waals surface area contributed by atoms with Gasteiger partial charge in [0.1, 0.15) is 0 Å². The van der Waals surface area contributed by atoms with E-state index in [0.29, 0.717) is 11.4 Å². The molecule has 0 atom stereocenters. The first-order chi connectivity index (χ1) is 17.6. The van der Waals surface area contributed by atoms with E-state index in [1.165, 1.54) is 0 Å². The van der Waals surface area contributed by atoms with Gasteiger partial charge in [-0.1, -0.05) is 101 Å². The molecule has 5 rings (SSSR count). The number of Topliss-reactive ketones (excluding diaryl/α,β-unsaturated/α-hetero) is 1. The summed E-state index contributed by atoms with van der Waals surface area (Å²) in [6.45, 7) is -0.406. The van der Waals surface area contributed by atoms with E-state index in [2.05, 4.69) is 26.0 Å². The number of rotatable bonds is 7. The molecule has 0 saturated carbocycles. The fourth-order valence-corrected chi connectivity index (χ4v) is 3.96. The molecule has 0 spiro atoms. The summed E-state index contributed by atoms with van der Waals surface area (Å²) in [6.07, 6.45) is 0. The number of nitrogens with zero attached hydrogens (tertiary/aromatic N) is 3. The highest BCUT2D eigenvalue weighted by molar-refractivity contribution is 9.10. The lowest BCUT2D eigenvalue weighted by atomic mass is 10.0. The van der Waals surface area contributed by atoms with Crippen molar-refractivity contribution in [3.63, 3.8) is 0 Å². The summed E-state index contributed by atoms with van der Waals surface area (Å²) in [7, 11) is 0. The molecule has 0 aliphatic heterocycles. The largest absolute Gasteiger partial charge is 0.451 e. The molecule has 0 N–H and O–H groups in total. The molecular formula is C29H20BrN3O3. The number of halogens is 1. The Labute approximate surface area is 216 Å². The van der Waals surface area contributed by atoms with Crippen LogP contribution in [0.15, 0.2) is 114 Å². The standard InChI is InChI=1S/C29H20BrN3O3/c30-24-15-17-25(18-16-24)33-28(23-9-5-2-6-10-23)31-27(32-33)29(35)36-19-26(34)22-13-11-21(12-14-22)20-7-3-1-4-8-20/h1-18H,19H2. The third kappa shape index (κ3) is 5.16. The summed E-state index contributed by atoms with van der Waals surface area (Å²) in [6, 6.07) is 34.0. The Balaban J connectivity index is 1.33. The monoisotopic (exact) mass is 537 g/mol. The quantitative estimate of drug-likeness (QED) is 0.177. The Morgan fingerprint density at radius 2 is 1.31 bits per heavy atom. The van der Waals surface area contributed by atoms with Crippen LogP contribution in [0.1, 0.15) is 21.0 Å². The van der Waals surface area contributed by atoms with Crippen molar-refractivity contribution in [1.29, 1.82) is 0 Å². The van der Waals surface area contributed by atoms with E-state index in [4.69, 9.17) is 4.74 Å². The van der Waals surface area contributed by atoms with Gasteiger partial charge in [-0.2, -0.15) is 0 Å². The normalized spacial score (nSPS) is 10.7. The van der Waals surface area contributed by atoms with Gasteiger partial charge in [-0.05, 0) is 35.4 Å². The van der Waals surface area contributed by atoms with Crippen LogP contribution >= 0.6 is 15.9 Å². The molecule has 0 fully saturated rings. The lowest BCUT2D eigenvalue weighted by Gasteiger charge is -2.06. The molecule has 4 aromatic carbocycles. The maximum atomic E-state index is 12.8. The smallest absolute Gasteiger partial charge is 0.378 e. The van der Waals surface area contributed by atoms with Gasteiger partial charge in [0, 0.05) is 15.6 Å². The number of benzene rings is 4. The molecule has 0 aliphatic rings. The molecule has 0 unspecified atom stereocenters. The number of carbonyl (C=O) groups is 2. The summed E-state index contributed by atoms with van der Waals surface area (Å²) in [5.41, 5.74) is 4.05. The molecule has 0 radical (unpaired) electrons. The van der Waals surface area contributed by atoms with Gasteiger partial charge in [-0.15, -0.1) is 5.10 Å². The number of aromatic nitrogens is 3. The summed E-state index contributed by atoms with van der Waals surface area (Å²) in [5.74, 6) is -0.701. The molecule has 1 heterocycles. The van der Waals surface area contributed by atoms with Gasteiger partial charge in [0.15, 0.2) is 18.2 Å². The Bertz CT molecular complexity index is 1500. The highest BCUT2D eigenvalue weighted by Gasteiger charge is 2.21. The third-order valence-electron chi connectivity index (χ3n) is 5.54. The molecule has 0 bridgehead atoms. The minimum absolute atomic E-state index is 0.121. The molecule has 0 amide bonds. The second kappa shape index (κ2) is 10.5. The number of ether oxygens (including phenoxy) is 1. The first-order valence-corrected chi connectivity index (χ1v) is 12.0. The number of hydrogen-bond donors (Lipinski definition) is 0. The van der Waals surface area contributed by atoms with Crippen LogP contribution in [0.5, 0.6) is 0 Å². The first-order valence-electron chi connectivity index (χ1n) is 11.2. The Hall–Kier alpha value is -4.36. The van der Waals surface area contributed by atoms with E-state index in [0.717, 1.165) is 26.9 Å². The van der Waals surface area contributed by atoms with Crippen LogP contribution in [-0.2, 0) is 4.74 Å². The second-order valence-electron chi connectivity index (χ2n) is 7.96. The zero-order valence-corrected chi connectivity index (χ0v) is 20.6. The lowest BCUT2D eigenvalue weighted by molar-refractivity contribution is 0.0462. The molecule has 1 aromatic heterocycles. The van der Waals surface area contributed by atoms with Crippen molar-refractivity contribution in [2.75, 3.05) is 6.61 Å². The number of ketones is 1. The van der Waals surface area contributed by atoms with Gasteiger partial charge in [-0.25, -0.2) is 14.5 Å². The number of carbonyl (C=O) groups excluding carboxylic acids is 2. The van der Waals surface area contributed by atoms with E-state index < -0.39 is 12.6 Å². The minimum Gasteiger partial charge on any atom is -0.451 e. The van der Waals surface area contributed by atoms with Crippen LogP contribution in [-0.4, -0.2) is 33.1 Å². The van der Waals surface area contributed by atoms with Crippen molar-refractivity contribution < 1.29 is 14.3 Å². The Morgan fingerprint density at radius 1 is 0.722 bits per heavy atom. The third-order valence-corrected chi connectivity index (χ3v) is 6.07. The zero-order valence-electron chi connectivity index (χ0n) is 19.0. The van der Waals surface area contributed by atoms with Crippen LogP contribution in [0.2, 0.25) is 0 Å². The Kier molecular flexibility index (Phi) is 6.82. The fraction of sp³-hybridized carbons (Fsp3) is 0.0345. The van der Waals surface area contributed by atoms with E-state index in [-0.39, 0.29) is 11.6 Å². The molecule has 6 nitrogen and oxygen atoms in total. The van der Waals surface area contributed by atoms with E-state index in [1.54, 1.807) is 16.8 Å². The second-order valence-corrected chi connectivity index (χ2v) is 8.87. The predicted octanol–water partition coefficient (Wildman–Crippen LogP) is 6.40. The molecule has 0 aliphatic carbocycles. The van der Waals surface area contributed by atoms with Gasteiger partial charge < -0.3 is 4.74 Å². The molecule has 176 valence electrons. The van der Waals surface area contributed by atoms with Crippen molar-refractivity contribution >= 4 is 27.7 Å². The van der Waals surface area contributed by atoms with Crippen molar-refractivity contribution in [3.8, 4) is 28.2 Å². The van der Waals surface area contributed by atoms with E-state index >= 15 is 0 Å². The van der Waals surface area contributed by atoms with Crippen LogP contribution in [0.3, 0.4) is 0 Å². The number of hydrogen-bond acceptors (Lipinski definition) is 5. The maximum Gasteiger partial charge on any atom is 0.378 e. The zero-order chi connectivity index (χ0) is 24.9. The van der Waals surface area contributed by atoms with Crippen LogP contribution in [0.4, 0.5) is 0 Å². The molecule has 0 saturated heterocycles. The van der Waals surface area contributed by atoms with Crippen LogP contribution in [0.25, 0.3) is 28.2 Å². The average molecular weight is 538 g/mol. The summed E-state index contributed by atoms with van der Waals surface area (Å²) < 4.78 is 7.79. The van der Waals surface area contributed by atoms with Crippen molar-refractivity contribution in [2.24, 2.45) is 0 Å². The van der Waals surface area contributed by atoms with Crippen molar-refractivity contribution in [2.45, 2.75) is 0 Å². The van der Waals surface area contributed by atoms with Gasteiger partial charge in [0.05, 0.1) is 5.69 Å². The highest BCUT2D eigenvalue weighted by Crippen LogP contribution is 2.23. The lowest BCUT2D eigenvalue weighted by Crippen LogP contribution is -2.15. The fourth-order valence-electron chi connectivity index (χ4n) is 3.69.